The summed E-state index contributed by atoms with van der Waals surface area (Å²) in [4.78, 5) is 27.2. The number of aromatic nitrogens is 2. The number of rotatable bonds is 9. The van der Waals surface area contributed by atoms with Gasteiger partial charge in [0, 0.05) is 6.04 Å². The van der Waals surface area contributed by atoms with E-state index in [4.69, 9.17) is 14.2 Å². The third-order valence-electron chi connectivity index (χ3n) is 6.52. The van der Waals surface area contributed by atoms with Crippen molar-refractivity contribution in [2.45, 2.75) is 50.8 Å². The zero-order chi connectivity index (χ0) is 24.9. The third kappa shape index (κ3) is 5.04. The van der Waals surface area contributed by atoms with Crippen LogP contribution in [-0.4, -0.2) is 42.8 Å². The number of halogens is 2. The molecule has 1 saturated carbocycles. The summed E-state index contributed by atoms with van der Waals surface area (Å²) in [5.74, 6) is 1.21. The molecule has 0 atom stereocenters. The Bertz CT molecular complexity index is 1290. The quantitative estimate of drug-likeness (QED) is 0.446. The lowest BCUT2D eigenvalue weighted by Gasteiger charge is -2.26. The van der Waals surface area contributed by atoms with E-state index in [9.17, 15) is 18.4 Å². The monoisotopic (exact) mass is 488 g/mol. The second-order valence-corrected chi connectivity index (χ2v) is 8.75. The van der Waals surface area contributed by atoms with Crippen LogP contribution in [0.3, 0.4) is 0 Å². The molecule has 1 heterocycles. The smallest absolute Gasteiger partial charge is 0.332 e. The van der Waals surface area contributed by atoms with Gasteiger partial charge in [-0.1, -0.05) is 25.3 Å². The summed E-state index contributed by atoms with van der Waals surface area (Å²) in [5, 5.41) is 0.268. The van der Waals surface area contributed by atoms with Crippen LogP contribution in [0.25, 0.3) is 10.9 Å². The first-order valence-electron chi connectivity index (χ1n) is 11.8. The predicted molar refractivity (Wildman–Crippen MR) is 130 cm³/mol. The molecule has 0 saturated heterocycles. The average molecular weight is 489 g/mol. The highest BCUT2D eigenvalue weighted by Crippen LogP contribution is 2.31. The highest BCUT2D eigenvalue weighted by atomic mass is 19.1. The zero-order valence-corrected chi connectivity index (χ0v) is 20.0. The van der Waals surface area contributed by atoms with E-state index in [0.717, 1.165) is 32.1 Å². The van der Waals surface area contributed by atoms with Crippen LogP contribution < -0.4 is 25.5 Å². The topological polar surface area (TPSA) is 71.7 Å². The molecule has 1 aliphatic carbocycles. The fourth-order valence-electron chi connectivity index (χ4n) is 4.72. The standard InChI is InChI=1S/C26H30F2N2O5/c1-33-23-11-8-17(12-24(23)34-2)16-29-25(31)21-13-19(35-20(14-27)15-28)9-10-22(21)30(26(29)32)18-6-4-3-5-7-18/h8-13,18,20H,3-7,14-16H2,1-2H3. The van der Waals surface area contributed by atoms with Crippen LogP contribution in [-0.2, 0) is 6.54 Å². The van der Waals surface area contributed by atoms with Gasteiger partial charge in [0.15, 0.2) is 17.6 Å². The molecule has 0 aliphatic heterocycles. The fourth-order valence-corrected chi connectivity index (χ4v) is 4.72. The van der Waals surface area contributed by atoms with E-state index in [1.807, 2.05) is 0 Å². The van der Waals surface area contributed by atoms with Crippen LogP contribution >= 0.6 is 0 Å². The SMILES string of the molecule is COc1ccc(Cn2c(=O)c3cc(OC(CF)CF)ccc3n(C3CCCCC3)c2=O)cc1OC. The lowest BCUT2D eigenvalue weighted by Crippen LogP contribution is -2.42. The van der Waals surface area contributed by atoms with Crippen molar-refractivity contribution in [3.05, 3.63) is 62.8 Å². The molecule has 0 amide bonds. The van der Waals surface area contributed by atoms with Crippen LogP contribution in [0.1, 0.15) is 43.7 Å². The molecule has 188 valence electrons. The molecule has 0 radical (unpaired) electrons. The summed E-state index contributed by atoms with van der Waals surface area (Å²) < 4.78 is 45.0. The lowest BCUT2D eigenvalue weighted by molar-refractivity contribution is 0.134. The maximum absolute atomic E-state index is 13.7. The van der Waals surface area contributed by atoms with E-state index in [1.165, 1.54) is 24.9 Å². The lowest BCUT2D eigenvalue weighted by atomic mass is 9.95. The van der Waals surface area contributed by atoms with Gasteiger partial charge in [0.1, 0.15) is 19.1 Å². The minimum Gasteiger partial charge on any atom is -0.493 e. The maximum atomic E-state index is 13.7. The third-order valence-corrected chi connectivity index (χ3v) is 6.52. The van der Waals surface area contributed by atoms with Crippen molar-refractivity contribution >= 4 is 10.9 Å². The molecule has 1 fully saturated rings. The summed E-state index contributed by atoms with van der Waals surface area (Å²) in [5.41, 5.74) is 0.316. The Labute approximate surface area is 201 Å². The minimum absolute atomic E-state index is 0.0311. The van der Waals surface area contributed by atoms with Crippen molar-refractivity contribution in [1.29, 1.82) is 0 Å². The Morgan fingerprint density at radius 3 is 2.31 bits per heavy atom. The summed E-state index contributed by atoms with van der Waals surface area (Å²) in [6, 6.07) is 9.85. The highest BCUT2D eigenvalue weighted by Gasteiger charge is 2.23. The van der Waals surface area contributed by atoms with Gasteiger partial charge in [0.05, 0.1) is 31.7 Å². The molecule has 1 aliphatic rings. The van der Waals surface area contributed by atoms with Gasteiger partial charge in [0.2, 0.25) is 0 Å². The molecule has 7 nitrogen and oxygen atoms in total. The van der Waals surface area contributed by atoms with Gasteiger partial charge in [0.25, 0.3) is 5.56 Å². The normalized spacial score (nSPS) is 14.4. The molecule has 2 aromatic carbocycles. The first-order chi connectivity index (χ1) is 17.0. The number of hydrogen-bond donors (Lipinski definition) is 0. The second-order valence-electron chi connectivity index (χ2n) is 8.75. The largest absolute Gasteiger partial charge is 0.493 e. The van der Waals surface area contributed by atoms with E-state index in [1.54, 1.807) is 34.9 Å². The molecule has 0 bridgehead atoms. The molecular formula is C26H30F2N2O5. The van der Waals surface area contributed by atoms with Gasteiger partial charge in [-0.25, -0.2) is 13.6 Å². The van der Waals surface area contributed by atoms with Crippen LogP contribution in [0.2, 0.25) is 0 Å². The first-order valence-corrected chi connectivity index (χ1v) is 11.8. The van der Waals surface area contributed by atoms with Gasteiger partial charge in [-0.05, 0) is 48.7 Å². The van der Waals surface area contributed by atoms with Gasteiger partial charge >= 0.3 is 5.69 Å². The van der Waals surface area contributed by atoms with Gasteiger partial charge in [-0.15, -0.1) is 0 Å². The number of alkyl halides is 2. The number of hydrogen-bond acceptors (Lipinski definition) is 5. The Morgan fingerprint density at radius 2 is 1.66 bits per heavy atom. The molecule has 0 spiro atoms. The molecule has 9 heteroatoms. The Balaban J connectivity index is 1.87. The van der Waals surface area contributed by atoms with E-state index in [-0.39, 0.29) is 29.4 Å². The summed E-state index contributed by atoms with van der Waals surface area (Å²) in [7, 11) is 3.05. The molecule has 4 rings (SSSR count). The molecule has 0 unspecified atom stereocenters. The number of benzene rings is 2. The van der Waals surface area contributed by atoms with Crippen molar-refractivity contribution in [2.75, 3.05) is 27.6 Å². The number of methoxy groups -OCH3 is 2. The van der Waals surface area contributed by atoms with E-state index >= 15 is 0 Å². The summed E-state index contributed by atoms with van der Waals surface area (Å²) in [6.45, 7) is -1.94. The van der Waals surface area contributed by atoms with E-state index in [2.05, 4.69) is 0 Å². The van der Waals surface area contributed by atoms with Gasteiger partial charge in [-0.2, -0.15) is 0 Å². The average Bonchev–Trinajstić information content (AvgIpc) is 2.90. The Hall–Kier alpha value is -3.36. The van der Waals surface area contributed by atoms with Crippen molar-refractivity contribution in [3.8, 4) is 17.2 Å². The zero-order valence-electron chi connectivity index (χ0n) is 20.0. The van der Waals surface area contributed by atoms with E-state index < -0.39 is 25.0 Å². The summed E-state index contributed by atoms with van der Waals surface area (Å²) >= 11 is 0. The van der Waals surface area contributed by atoms with Crippen LogP contribution in [0.4, 0.5) is 8.78 Å². The molecule has 0 N–H and O–H groups in total. The van der Waals surface area contributed by atoms with Crippen molar-refractivity contribution in [3.63, 3.8) is 0 Å². The Morgan fingerprint density at radius 1 is 0.943 bits per heavy atom. The second kappa shape index (κ2) is 10.9. The van der Waals surface area contributed by atoms with Crippen molar-refractivity contribution in [2.24, 2.45) is 0 Å². The van der Waals surface area contributed by atoms with Crippen LogP contribution in [0, 0.1) is 0 Å². The molecule has 1 aromatic heterocycles. The minimum atomic E-state index is -1.24. The van der Waals surface area contributed by atoms with Crippen molar-refractivity contribution in [1.82, 2.24) is 9.13 Å². The highest BCUT2D eigenvalue weighted by molar-refractivity contribution is 5.80. The molecule has 3 aromatic rings. The Kier molecular flexibility index (Phi) is 7.73. The predicted octanol–water partition coefficient (Wildman–Crippen LogP) is 4.42. The van der Waals surface area contributed by atoms with Crippen molar-refractivity contribution < 1.29 is 23.0 Å². The fraction of sp³-hybridized carbons (Fsp3) is 0.462. The maximum Gasteiger partial charge on any atom is 0.332 e. The van der Waals surface area contributed by atoms with Crippen LogP contribution in [0.5, 0.6) is 17.2 Å². The number of ether oxygens (including phenoxy) is 3. The molecular weight excluding hydrogens is 458 g/mol. The first kappa shape index (κ1) is 24.8. The number of fused-ring (bicyclic) bond motifs is 1. The summed E-state index contributed by atoms with van der Waals surface area (Å²) in [6.07, 6.45) is 3.55. The van der Waals surface area contributed by atoms with Gasteiger partial charge in [-0.3, -0.25) is 13.9 Å². The van der Waals surface area contributed by atoms with Crippen LogP contribution in [0.15, 0.2) is 46.0 Å². The van der Waals surface area contributed by atoms with Gasteiger partial charge < -0.3 is 14.2 Å². The van der Waals surface area contributed by atoms with E-state index in [0.29, 0.717) is 22.6 Å². The molecule has 35 heavy (non-hydrogen) atoms. The number of nitrogens with zero attached hydrogens (tertiary/aromatic N) is 2.